The zero-order valence-corrected chi connectivity index (χ0v) is 10.1. The number of benzene rings is 2. The molecule has 1 aromatic heterocycles. The number of para-hydroxylation sites is 1. The van der Waals surface area contributed by atoms with Gasteiger partial charge in [0.1, 0.15) is 0 Å². The van der Waals surface area contributed by atoms with Crippen molar-refractivity contribution >= 4 is 12.2 Å². The number of hydrogen-bond donors (Lipinski definition) is 0. The highest BCUT2D eigenvalue weighted by molar-refractivity contribution is 5.83. The molecule has 2 aromatic carbocycles. The van der Waals surface area contributed by atoms with Gasteiger partial charge in [-0.05, 0) is 22.1 Å². The van der Waals surface area contributed by atoms with E-state index in [9.17, 15) is 0 Å². The third-order valence-corrected chi connectivity index (χ3v) is 3.28. The molecule has 4 heteroatoms. The summed E-state index contributed by atoms with van der Waals surface area (Å²) in [5, 5.41) is 12.1. The van der Waals surface area contributed by atoms with Gasteiger partial charge in [-0.15, -0.1) is 5.10 Å². The number of rotatable bonds is 0. The second kappa shape index (κ2) is 3.88. The van der Waals surface area contributed by atoms with E-state index in [-0.39, 0.29) is 0 Å². The Bertz CT molecular complexity index is 722. The normalized spacial score (nSPS) is 12.0. The van der Waals surface area contributed by atoms with E-state index in [1.165, 1.54) is 0 Å². The van der Waals surface area contributed by atoms with Crippen molar-refractivity contribution in [2.75, 3.05) is 0 Å². The fraction of sp³-hybridized carbons (Fsp3) is 0. The molecule has 4 rings (SSSR count). The molecule has 0 saturated carbocycles. The van der Waals surface area contributed by atoms with Gasteiger partial charge in [-0.25, -0.2) is 0 Å². The largest absolute Gasteiger partial charge is 0.192 e. The van der Waals surface area contributed by atoms with Crippen molar-refractivity contribution in [3.8, 4) is 17.1 Å². The third kappa shape index (κ3) is 1.50. The molecule has 3 aromatic rings. The van der Waals surface area contributed by atoms with E-state index in [4.69, 9.17) is 0 Å². The Balaban J connectivity index is 2.11. The minimum atomic E-state index is 0.771. The van der Waals surface area contributed by atoms with Crippen molar-refractivity contribution in [3.05, 3.63) is 59.7 Å². The van der Waals surface area contributed by atoms with E-state index < -0.39 is 0 Å². The molecule has 0 radical (unpaired) electrons. The highest BCUT2D eigenvalue weighted by Crippen LogP contribution is 2.29. The number of aromatic nitrogens is 4. The summed E-state index contributed by atoms with van der Waals surface area (Å²) in [5.74, 6) is 0.771. The number of fused-ring (bicyclic) bond motifs is 5. The summed E-state index contributed by atoms with van der Waals surface area (Å²) in [5.41, 5.74) is 4.25. The molecule has 0 saturated heterocycles. The summed E-state index contributed by atoms with van der Waals surface area (Å²) in [6.07, 6.45) is 4.20. The second-order valence-electron chi connectivity index (χ2n) is 4.39. The monoisotopic (exact) mass is 246 g/mol. The molecule has 0 amide bonds. The molecule has 0 unspecified atom stereocenters. The van der Waals surface area contributed by atoms with Crippen LogP contribution < -0.4 is 0 Å². The van der Waals surface area contributed by atoms with Crippen LogP contribution in [-0.4, -0.2) is 20.2 Å². The topological polar surface area (TPSA) is 43.6 Å². The lowest BCUT2D eigenvalue weighted by Crippen LogP contribution is -2.04. The molecule has 0 bridgehead atoms. The van der Waals surface area contributed by atoms with Crippen LogP contribution in [0.3, 0.4) is 0 Å². The fourth-order valence-electron chi connectivity index (χ4n) is 2.36. The summed E-state index contributed by atoms with van der Waals surface area (Å²) in [4.78, 5) is 0. The lowest BCUT2D eigenvalue weighted by Gasteiger charge is -2.12. The van der Waals surface area contributed by atoms with Gasteiger partial charge in [0.25, 0.3) is 0 Å². The highest BCUT2D eigenvalue weighted by Gasteiger charge is 2.16. The molecule has 0 spiro atoms. The summed E-state index contributed by atoms with van der Waals surface area (Å²) < 4.78 is 1.79. The smallest absolute Gasteiger partial charge is 0.187 e. The van der Waals surface area contributed by atoms with E-state index in [2.05, 4.69) is 39.8 Å². The van der Waals surface area contributed by atoms with Crippen LogP contribution in [0.5, 0.6) is 0 Å². The summed E-state index contributed by atoms with van der Waals surface area (Å²) in [6, 6.07) is 16.2. The van der Waals surface area contributed by atoms with Crippen LogP contribution in [0.15, 0.2) is 48.5 Å². The van der Waals surface area contributed by atoms with Crippen molar-refractivity contribution in [3.63, 3.8) is 0 Å². The number of nitrogens with zero attached hydrogens (tertiary/aromatic N) is 4. The Hall–Kier alpha value is -2.75. The van der Waals surface area contributed by atoms with Gasteiger partial charge in [0, 0.05) is 11.1 Å². The van der Waals surface area contributed by atoms with Crippen LogP contribution in [0.4, 0.5) is 0 Å². The van der Waals surface area contributed by atoms with E-state index >= 15 is 0 Å². The molecule has 0 atom stereocenters. The van der Waals surface area contributed by atoms with Gasteiger partial charge in [0.2, 0.25) is 0 Å². The van der Waals surface area contributed by atoms with Crippen molar-refractivity contribution < 1.29 is 0 Å². The Kier molecular flexibility index (Phi) is 2.08. The van der Waals surface area contributed by atoms with Crippen molar-refractivity contribution in [1.82, 2.24) is 20.2 Å². The molecule has 0 N–H and O–H groups in total. The molecule has 19 heavy (non-hydrogen) atoms. The van der Waals surface area contributed by atoms with Crippen LogP contribution in [0.25, 0.3) is 29.2 Å². The average molecular weight is 246 g/mol. The summed E-state index contributed by atoms with van der Waals surface area (Å²) in [7, 11) is 0. The predicted molar refractivity (Wildman–Crippen MR) is 73.5 cm³/mol. The summed E-state index contributed by atoms with van der Waals surface area (Å²) >= 11 is 0. The molecule has 1 aliphatic heterocycles. The second-order valence-corrected chi connectivity index (χ2v) is 4.39. The van der Waals surface area contributed by atoms with Gasteiger partial charge in [-0.2, -0.15) is 4.68 Å². The molecular weight excluding hydrogens is 236 g/mol. The Morgan fingerprint density at radius 3 is 2.47 bits per heavy atom. The molecule has 1 aliphatic rings. The maximum absolute atomic E-state index is 4.17. The van der Waals surface area contributed by atoms with Gasteiger partial charge in [-0.1, -0.05) is 54.6 Å². The Morgan fingerprint density at radius 1 is 0.789 bits per heavy atom. The maximum atomic E-state index is 4.17. The van der Waals surface area contributed by atoms with Gasteiger partial charge in [-0.3, -0.25) is 0 Å². The van der Waals surface area contributed by atoms with E-state index in [1.54, 1.807) is 4.68 Å². The molecule has 4 nitrogen and oxygen atoms in total. The highest BCUT2D eigenvalue weighted by atomic mass is 15.5. The SMILES string of the molecule is C1=Cc2ccccc2-n2nnnc2-c2ccccc21. The van der Waals surface area contributed by atoms with E-state index in [1.807, 2.05) is 36.4 Å². The standard InChI is InChI=1S/C15H10N4/c1-3-7-13-11(5-1)9-10-12-6-2-4-8-14(12)19-15(13)16-17-18-19/h1-10H. The quantitative estimate of drug-likeness (QED) is 0.479. The number of tetrazole rings is 1. The van der Waals surface area contributed by atoms with Crippen LogP contribution >= 0.6 is 0 Å². The molecular formula is C15H10N4. The minimum absolute atomic E-state index is 0.771. The van der Waals surface area contributed by atoms with Gasteiger partial charge in [0.15, 0.2) is 5.82 Å². The van der Waals surface area contributed by atoms with Crippen molar-refractivity contribution in [1.29, 1.82) is 0 Å². The molecule has 2 heterocycles. The van der Waals surface area contributed by atoms with Crippen LogP contribution in [0, 0.1) is 0 Å². The first kappa shape index (κ1) is 10.2. The molecule has 90 valence electrons. The Morgan fingerprint density at radius 2 is 1.53 bits per heavy atom. The lowest BCUT2D eigenvalue weighted by atomic mass is 10.0. The first-order chi connectivity index (χ1) is 9.43. The zero-order valence-electron chi connectivity index (χ0n) is 10.1. The van der Waals surface area contributed by atoms with E-state index in [0.717, 1.165) is 28.2 Å². The first-order valence-electron chi connectivity index (χ1n) is 6.09. The van der Waals surface area contributed by atoms with Gasteiger partial charge >= 0.3 is 0 Å². The van der Waals surface area contributed by atoms with Crippen LogP contribution in [0.2, 0.25) is 0 Å². The van der Waals surface area contributed by atoms with Crippen LogP contribution in [0.1, 0.15) is 11.1 Å². The molecule has 0 fully saturated rings. The summed E-state index contributed by atoms with van der Waals surface area (Å²) in [6.45, 7) is 0. The number of hydrogen-bond acceptors (Lipinski definition) is 3. The van der Waals surface area contributed by atoms with Gasteiger partial charge in [0.05, 0.1) is 5.69 Å². The first-order valence-corrected chi connectivity index (χ1v) is 6.09. The van der Waals surface area contributed by atoms with Gasteiger partial charge < -0.3 is 0 Å². The van der Waals surface area contributed by atoms with E-state index in [0.29, 0.717) is 0 Å². The Labute approximate surface area is 110 Å². The third-order valence-electron chi connectivity index (χ3n) is 3.28. The van der Waals surface area contributed by atoms with Crippen molar-refractivity contribution in [2.24, 2.45) is 0 Å². The fourth-order valence-corrected chi connectivity index (χ4v) is 2.36. The zero-order chi connectivity index (χ0) is 12.7. The lowest BCUT2D eigenvalue weighted by molar-refractivity contribution is 0.790. The molecule has 0 aliphatic carbocycles. The average Bonchev–Trinajstić information content (AvgIpc) is 2.92. The predicted octanol–water partition coefficient (Wildman–Crippen LogP) is 2.81. The maximum Gasteiger partial charge on any atom is 0.187 e. The van der Waals surface area contributed by atoms with Crippen molar-refractivity contribution in [2.45, 2.75) is 0 Å². The van der Waals surface area contributed by atoms with Crippen LogP contribution in [-0.2, 0) is 0 Å². The minimum Gasteiger partial charge on any atom is -0.192 e.